The summed E-state index contributed by atoms with van der Waals surface area (Å²) in [6.45, 7) is 14.6. The molecule has 0 aromatic heterocycles. The summed E-state index contributed by atoms with van der Waals surface area (Å²) in [4.78, 5) is 0. The van der Waals surface area contributed by atoms with Gasteiger partial charge in [-0.3, -0.25) is 0 Å². The fourth-order valence-corrected chi connectivity index (χ4v) is 4.00. The molecule has 0 heterocycles. The van der Waals surface area contributed by atoms with Gasteiger partial charge in [0.2, 0.25) is 0 Å². The third-order valence-electron chi connectivity index (χ3n) is 5.47. The van der Waals surface area contributed by atoms with Gasteiger partial charge in [0.05, 0.1) is 0 Å². The first-order chi connectivity index (χ1) is 7.94. The lowest BCUT2D eigenvalue weighted by Crippen LogP contribution is -2.47. The van der Waals surface area contributed by atoms with E-state index in [-0.39, 0.29) is 0 Å². The molecule has 0 N–H and O–H groups in total. The van der Waals surface area contributed by atoms with E-state index in [2.05, 4.69) is 41.5 Å². The minimum absolute atomic E-state index is 0.624. The maximum Gasteiger partial charge on any atom is -0.0320 e. The molecular weight excluding hydrogens is 204 g/mol. The molecule has 1 rings (SSSR count). The van der Waals surface area contributed by atoms with Crippen molar-refractivity contribution in [2.24, 2.45) is 29.1 Å². The van der Waals surface area contributed by atoms with Crippen LogP contribution in [0.4, 0.5) is 0 Å². The van der Waals surface area contributed by atoms with Crippen LogP contribution in [0.25, 0.3) is 0 Å². The summed E-state index contributed by atoms with van der Waals surface area (Å²) in [7, 11) is 0. The SMILES string of the molecule is CCCCC(C)C(C)C1CC(C)(C)C1CCC. The van der Waals surface area contributed by atoms with Crippen molar-refractivity contribution in [3.05, 3.63) is 0 Å². The van der Waals surface area contributed by atoms with Crippen molar-refractivity contribution >= 4 is 0 Å². The summed E-state index contributed by atoms with van der Waals surface area (Å²) < 4.78 is 0. The molecular formula is C17H34. The Bertz CT molecular complexity index is 216. The lowest BCUT2D eigenvalue weighted by atomic mass is 9.50. The lowest BCUT2D eigenvalue weighted by Gasteiger charge is -2.55. The van der Waals surface area contributed by atoms with Crippen LogP contribution < -0.4 is 0 Å². The van der Waals surface area contributed by atoms with Crippen LogP contribution in [0.5, 0.6) is 0 Å². The second kappa shape index (κ2) is 6.25. The highest BCUT2D eigenvalue weighted by molar-refractivity contribution is 4.98. The normalized spacial score (nSPS) is 30.7. The summed E-state index contributed by atoms with van der Waals surface area (Å²) in [6.07, 6.45) is 8.48. The van der Waals surface area contributed by atoms with Crippen molar-refractivity contribution in [2.75, 3.05) is 0 Å². The van der Waals surface area contributed by atoms with E-state index in [9.17, 15) is 0 Å². The molecule has 17 heavy (non-hydrogen) atoms. The maximum atomic E-state index is 2.52. The molecule has 1 saturated carbocycles. The van der Waals surface area contributed by atoms with Crippen LogP contribution in [-0.2, 0) is 0 Å². The van der Waals surface area contributed by atoms with Crippen LogP contribution in [0.3, 0.4) is 0 Å². The summed E-state index contributed by atoms with van der Waals surface area (Å²) >= 11 is 0. The Balaban J connectivity index is 2.49. The van der Waals surface area contributed by atoms with Crippen LogP contribution in [0.15, 0.2) is 0 Å². The van der Waals surface area contributed by atoms with Gasteiger partial charge in [-0.25, -0.2) is 0 Å². The van der Waals surface area contributed by atoms with E-state index in [1.54, 1.807) is 0 Å². The van der Waals surface area contributed by atoms with Gasteiger partial charge in [0, 0.05) is 0 Å². The highest BCUT2D eigenvalue weighted by Crippen LogP contribution is 2.57. The molecule has 4 unspecified atom stereocenters. The molecule has 0 heteroatoms. The van der Waals surface area contributed by atoms with E-state index in [1.165, 1.54) is 38.5 Å². The van der Waals surface area contributed by atoms with Gasteiger partial charge in [-0.2, -0.15) is 0 Å². The first kappa shape index (κ1) is 15.1. The number of hydrogen-bond donors (Lipinski definition) is 0. The van der Waals surface area contributed by atoms with Crippen molar-refractivity contribution in [1.82, 2.24) is 0 Å². The monoisotopic (exact) mass is 238 g/mol. The van der Waals surface area contributed by atoms with Gasteiger partial charge < -0.3 is 0 Å². The predicted octanol–water partition coefficient (Wildman–Crippen LogP) is 5.91. The smallest absolute Gasteiger partial charge is 0.0320 e. The second-order valence-electron chi connectivity index (χ2n) is 7.23. The molecule has 4 atom stereocenters. The highest BCUT2D eigenvalue weighted by Gasteiger charge is 2.48. The van der Waals surface area contributed by atoms with Crippen molar-refractivity contribution in [3.63, 3.8) is 0 Å². The number of unbranched alkanes of at least 4 members (excludes halogenated alkanes) is 1. The Labute approximate surface area is 110 Å². The molecule has 102 valence electrons. The average molecular weight is 238 g/mol. The van der Waals surface area contributed by atoms with Crippen LogP contribution in [-0.4, -0.2) is 0 Å². The number of hydrogen-bond acceptors (Lipinski definition) is 0. The molecule has 0 aromatic rings. The molecule has 1 fully saturated rings. The summed E-state index contributed by atoms with van der Waals surface area (Å²) in [5.41, 5.74) is 0.624. The van der Waals surface area contributed by atoms with Crippen LogP contribution in [0, 0.1) is 29.1 Å². The van der Waals surface area contributed by atoms with E-state index in [4.69, 9.17) is 0 Å². The van der Waals surface area contributed by atoms with Gasteiger partial charge in [-0.15, -0.1) is 0 Å². The summed E-state index contributed by atoms with van der Waals surface area (Å²) in [6, 6.07) is 0. The predicted molar refractivity (Wildman–Crippen MR) is 78.1 cm³/mol. The van der Waals surface area contributed by atoms with Gasteiger partial charge in [-0.05, 0) is 41.9 Å². The average Bonchev–Trinajstić information content (AvgIpc) is 2.29. The van der Waals surface area contributed by atoms with Gasteiger partial charge in [0.25, 0.3) is 0 Å². The first-order valence-electron chi connectivity index (χ1n) is 7.94. The quantitative estimate of drug-likeness (QED) is 0.517. The van der Waals surface area contributed by atoms with Gasteiger partial charge in [0.1, 0.15) is 0 Å². The van der Waals surface area contributed by atoms with Crippen LogP contribution >= 0.6 is 0 Å². The molecule has 0 aromatic carbocycles. The van der Waals surface area contributed by atoms with E-state index in [0.29, 0.717) is 5.41 Å². The highest BCUT2D eigenvalue weighted by atomic mass is 14.5. The Morgan fingerprint density at radius 2 is 1.76 bits per heavy atom. The largest absolute Gasteiger partial charge is 0.0654 e. The second-order valence-corrected chi connectivity index (χ2v) is 7.23. The Morgan fingerprint density at radius 3 is 2.24 bits per heavy atom. The van der Waals surface area contributed by atoms with Crippen molar-refractivity contribution in [2.45, 2.75) is 80.1 Å². The molecule has 1 aliphatic rings. The molecule has 0 spiro atoms. The van der Waals surface area contributed by atoms with Gasteiger partial charge in [0.15, 0.2) is 0 Å². The van der Waals surface area contributed by atoms with Crippen molar-refractivity contribution < 1.29 is 0 Å². The lowest BCUT2D eigenvalue weighted by molar-refractivity contribution is -0.0612. The van der Waals surface area contributed by atoms with Crippen LogP contribution in [0.1, 0.15) is 80.1 Å². The fourth-order valence-electron chi connectivity index (χ4n) is 4.00. The topological polar surface area (TPSA) is 0 Å². The zero-order chi connectivity index (χ0) is 13.1. The minimum atomic E-state index is 0.624. The summed E-state index contributed by atoms with van der Waals surface area (Å²) in [5, 5.41) is 0. The molecule has 0 aliphatic heterocycles. The van der Waals surface area contributed by atoms with Crippen LogP contribution in [0.2, 0.25) is 0 Å². The Kier molecular flexibility index (Phi) is 5.54. The molecule has 0 amide bonds. The summed E-state index contributed by atoms with van der Waals surface area (Å²) in [5.74, 6) is 3.87. The standard InChI is InChI=1S/C17H34/c1-7-9-11-13(3)14(4)15-12-17(5,6)16(15)10-8-2/h13-16H,7-12H2,1-6H3. The van der Waals surface area contributed by atoms with E-state index in [0.717, 1.165) is 23.7 Å². The van der Waals surface area contributed by atoms with E-state index in [1.807, 2.05) is 0 Å². The minimum Gasteiger partial charge on any atom is -0.0654 e. The molecule has 0 saturated heterocycles. The Morgan fingerprint density at radius 1 is 1.12 bits per heavy atom. The third kappa shape index (κ3) is 3.48. The van der Waals surface area contributed by atoms with Gasteiger partial charge in [-0.1, -0.05) is 67.2 Å². The zero-order valence-corrected chi connectivity index (χ0v) is 13.1. The fraction of sp³-hybridized carbons (Fsp3) is 1.00. The first-order valence-corrected chi connectivity index (χ1v) is 7.94. The molecule has 0 nitrogen and oxygen atoms in total. The Hall–Kier alpha value is 0. The van der Waals surface area contributed by atoms with Crippen molar-refractivity contribution in [1.29, 1.82) is 0 Å². The van der Waals surface area contributed by atoms with Crippen molar-refractivity contribution in [3.8, 4) is 0 Å². The maximum absolute atomic E-state index is 2.52. The third-order valence-corrected chi connectivity index (χ3v) is 5.47. The van der Waals surface area contributed by atoms with E-state index >= 15 is 0 Å². The van der Waals surface area contributed by atoms with E-state index < -0.39 is 0 Å². The zero-order valence-electron chi connectivity index (χ0n) is 13.1. The molecule has 0 radical (unpaired) electrons. The van der Waals surface area contributed by atoms with Gasteiger partial charge >= 0.3 is 0 Å². The molecule has 0 bridgehead atoms. The number of rotatable bonds is 7. The molecule has 1 aliphatic carbocycles.